The van der Waals surface area contributed by atoms with E-state index < -0.39 is 0 Å². The molecule has 15 rings (SSSR count). The molecule has 0 aliphatic carbocycles. The summed E-state index contributed by atoms with van der Waals surface area (Å²) in [4.78, 5) is 15.0. The zero-order valence-corrected chi connectivity index (χ0v) is 38.4. The van der Waals surface area contributed by atoms with Crippen molar-refractivity contribution in [3.63, 3.8) is 0 Å². The lowest BCUT2D eigenvalue weighted by Gasteiger charge is -2.11. The van der Waals surface area contributed by atoms with Gasteiger partial charge in [0.25, 0.3) is 0 Å². The van der Waals surface area contributed by atoms with E-state index in [2.05, 4.69) is 244 Å². The van der Waals surface area contributed by atoms with E-state index in [1.165, 1.54) is 82.2 Å². The number of aromatic amines is 4. The van der Waals surface area contributed by atoms with Crippen molar-refractivity contribution in [2.75, 3.05) is 5.73 Å². The van der Waals surface area contributed by atoms with Gasteiger partial charge in [-0.1, -0.05) is 164 Å². The molecule has 0 unspecified atom stereocenters. The van der Waals surface area contributed by atoms with Crippen LogP contribution >= 0.6 is 0 Å². The van der Waals surface area contributed by atoms with Gasteiger partial charge >= 0.3 is 0 Å². The number of benzene rings is 11. The highest BCUT2D eigenvalue weighted by Gasteiger charge is 2.18. The first kappa shape index (κ1) is 39.4. The predicted octanol–water partition coefficient (Wildman–Crippen LogP) is 17.8. The average Bonchev–Trinajstić information content (AvgIpc) is 4.21. The van der Waals surface area contributed by atoms with Crippen molar-refractivity contribution in [2.45, 2.75) is 0 Å². The minimum atomic E-state index is 0.735. The van der Waals surface area contributed by atoms with Crippen LogP contribution in [-0.2, 0) is 0 Å². The number of H-pyrrole nitrogens is 4. The van der Waals surface area contributed by atoms with Crippen LogP contribution in [0.25, 0.3) is 154 Å². The van der Waals surface area contributed by atoms with Gasteiger partial charge in [0.1, 0.15) is 0 Å². The number of hydrogen-bond acceptors (Lipinski definition) is 1. The fourth-order valence-electron chi connectivity index (χ4n) is 11.6. The molecule has 0 aliphatic heterocycles. The van der Waals surface area contributed by atoms with E-state index >= 15 is 0 Å². The number of nitrogens with two attached hydrogens (primary N) is 1. The molecule has 0 bridgehead atoms. The number of rotatable bonds is 6. The van der Waals surface area contributed by atoms with E-state index in [9.17, 15) is 0 Å². The van der Waals surface area contributed by atoms with Crippen LogP contribution in [-0.4, -0.2) is 19.9 Å². The van der Waals surface area contributed by atoms with Gasteiger partial charge in [-0.25, -0.2) is 0 Å². The first-order valence-electron chi connectivity index (χ1n) is 24.3. The molecule has 0 amide bonds. The molecule has 0 spiro atoms. The van der Waals surface area contributed by atoms with Crippen molar-refractivity contribution >= 4 is 92.9 Å². The van der Waals surface area contributed by atoms with Crippen LogP contribution in [0.5, 0.6) is 0 Å². The minimum Gasteiger partial charge on any atom is -0.398 e. The molecule has 0 fully saturated rings. The van der Waals surface area contributed by atoms with Crippen molar-refractivity contribution in [1.82, 2.24) is 19.9 Å². The number of fused-ring (bicyclic) bond motifs is 12. The van der Waals surface area contributed by atoms with E-state index in [1.54, 1.807) is 0 Å². The van der Waals surface area contributed by atoms with Gasteiger partial charge in [-0.05, 0) is 99.6 Å². The van der Waals surface area contributed by atoms with Gasteiger partial charge in [-0.15, -0.1) is 0 Å². The predicted molar refractivity (Wildman–Crippen MR) is 301 cm³/mol. The molecule has 15 aromatic rings. The first-order chi connectivity index (χ1) is 35.1. The molecule has 71 heavy (non-hydrogen) atoms. The molecule has 4 heterocycles. The number of nitrogens with one attached hydrogen (secondary N) is 4. The Kier molecular flexibility index (Phi) is 8.45. The second kappa shape index (κ2) is 15.2. The maximum absolute atomic E-state index is 6.92. The van der Waals surface area contributed by atoms with Gasteiger partial charge in [0.05, 0.1) is 22.1 Å². The standard InChI is InChI=1S/C66H43N5/c67-58-30-27-44(47-19-9-23-53-56-35-40(28-31-61(56)70-65(47)53)38-11-5-13-42(33-38)45-17-7-20-50-48-15-1-3-25-59(48)68-63(45)50)37-55(58)52-22-10-24-54-57-36-41(29-32-62(57)71-66(52)54)39-12-6-14-43(34-39)46-18-8-21-51-49-16-2-4-26-60(49)69-64(46)51/h1-37,68-71H,67H2. The molecule has 0 saturated heterocycles. The largest absolute Gasteiger partial charge is 0.398 e. The van der Waals surface area contributed by atoms with Gasteiger partial charge in [-0.2, -0.15) is 0 Å². The summed E-state index contributed by atoms with van der Waals surface area (Å²) in [5.74, 6) is 0. The zero-order chi connectivity index (χ0) is 46.7. The molecule has 0 saturated carbocycles. The van der Waals surface area contributed by atoms with E-state index in [-0.39, 0.29) is 0 Å². The molecule has 332 valence electrons. The van der Waals surface area contributed by atoms with Crippen LogP contribution in [0.15, 0.2) is 224 Å². The third-order valence-electron chi connectivity index (χ3n) is 15.0. The Morgan fingerprint density at radius 3 is 1.04 bits per heavy atom. The molecular weight excluding hydrogens is 863 g/mol. The Morgan fingerprint density at radius 2 is 0.549 bits per heavy atom. The molecule has 11 aromatic carbocycles. The third kappa shape index (κ3) is 6.13. The first-order valence-corrected chi connectivity index (χ1v) is 24.3. The second-order valence-electron chi connectivity index (χ2n) is 19.0. The minimum absolute atomic E-state index is 0.735. The Balaban J connectivity index is 0.780. The molecule has 5 nitrogen and oxygen atoms in total. The SMILES string of the molecule is Nc1ccc(-c2cccc3c2[nH]c2ccc(-c4cccc(-c5cccc6c5[nH]c5ccccc56)c4)cc23)cc1-c1cccc2c1[nH]c1ccc(-c3cccc(-c4cccc5c4[nH]c4ccccc45)c3)cc12. The third-order valence-corrected chi connectivity index (χ3v) is 15.0. The maximum atomic E-state index is 6.92. The van der Waals surface area contributed by atoms with Crippen LogP contribution in [0.3, 0.4) is 0 Å². The van der Waals surface area contributed by atoms with Crippen LogP contribution in [0.4, 0.5) is 5.69 Å². The highest BCUT2D eigenvalue weighted by atomic mass is 14.7. The average molecular weight is 906 g/mol. The summed E-state index contributed by atoms with van der Waals surface area (Å²) in [5.41, 5.74) is 30.4. The van der Waals surface area contributed by atoms with Gasteiger partial charge in [0, 0.05) is 98.7 Å². The van der Waals surface area contributed by atoms with Crippen molar-refractivity contribution < 1.29 is 0 Å². The summed E-state index contributed by atoms with van der Waals surface area (Å²) in [6.07, 6.45) is 0. The van der Waals surface area contributed by atoms with Crippen LogP contribution in [0, 0.1) is 0 Å². The summed E-state index contributed by atoms with van der Waals surface area (Å²) in [6.45, 7) is 0. The molecule has 0 radical (unpaired) electrons. The normalized spacial score (nSPS) is 12.0. The number of anilines is 1. The quantitative estimate of drug-likeness (QED) is 0.106. The van der Waals surface area contributed by atoms with Crippen LogP contribution in [0.1, 0.15) is 0 Å². The lowest BCUT2D eigenvalue weighted by atomic mass is 9.94. The van der Waals surface area contributed by atoms with Crippen LogP contribution in [0.2, 0.25) is 0 Å². The van der Waals surface area contributed by atoms with E-state index in [0.717, 1.165) is 77.5 Å². The fourth-order valence-corrected chi connectivity index (χ4v) is 11.6. The maximum Gasteiger partial charge on any atom is 0.0545 e. The lowest BCUT2D eigenvalue weighted by Crippen LogP contribution is -1.92. The van der Waals surface area contributed by atoms with E-state index in [0.29, 0.717) is 0 Å². The lowest BCUT2D eigenvalue weighted by molar-refractivity contribution is 1.52. The van der Waals surface area contributed by atoms with Crippen molar-refractivity contribution in [2.24, 2.45) is 0 Å². The topological polar surface area (TPSA) is 89.2 Å². The van der Waals surface area contributed by atoms with Crippen molar-refractivity contribution in [1.29, 1.82) is 0 Å². The second-order valence-corrected chi connectivity index (χ2v) is 19.0. The van der Waals surface area contributed by atoms with Gasteiger partial charge in [0.15, 0.2) is 0 Å². The van der Waals surface area contributed by atoms with Crippen LogP contribution < -0.4 is 5.73 Å². The summed E-state index contributed by atoms with van der Waals surface area (Å²) in [5, 5.41) is 9.69. The number of para-hydroxylation sites is 6. The van der Waals surface area contributed by atoms with Crippen molar-refractivity contribution in [3.05, 3.63) is 224 Å². The van der Waals surface area contributed by atoms with Gasteiger partial charge < -0.3 is 25.7 Å². The highest BCUT2D eigenvalue weighted by molar-refractivity contribution is 6.17. The Hall–Kier alpha value is -9.58. The summed E-state index contributed by atoms with van der Waals surface area (Å²) < 4.78 is 0. The molecular formula is C66H43N5. The summed E-state index contributed by atoms with van der Waals surface area (Å²) >= 11 is 0. The Bertz CT molecular complexity index is 4670. The van der Waals surface area contributed by atoms with E-state index in [4.69, 9.17) is 5.73 Å². The Morgan fingerprint density at radius 1 is 0.211 bits per heavy atom. The highest BCUT2D eigenvalue weighted by Crippen LogP contribution is 2.43. The molecule has 0 aliphatic rings. The number of hydrogen-bond donors (Lipinski definition) is 5. The summed E-state index contributed by atoms with van der Waals surface area (Å²) in [7, 11) is 0. The Labute approximate surface area is 407 Å². The fraction of sp³-hybridized carbons (Fsp3) is 0. The molecule has 5 heteroatoms. The zero-order valence-electron chi connectivity index (χ0n) is 38.4. The molecule has 0 atom stereocenters. The van der Waals surface area contributed by atoms with Gasteiger partial charge in [0.2, 0.25) is 0 Å². The van der Waals surface area contributed by atoms with E-state index in [1.807, 2.05) is 0 Å². The van der Waals surface area contributed by atoms with Gasteiger partial charge in [-0.3, -0.25) is 0 Å². The number of nitrogen functional groups attached to an aromatic ring is 1. The monoisotopic (exact) mass is 905 g/mol. The summed E-state index contributed by atoms with van der Waals surface area (Å²) in [6, 6.07) is 81.2. The molecule has 4 aromatic heterocycles. The smallest absolute Gasteiger partial charge is 0.0545 e. The molecule has 6 N–H and O–H groups in total. The number of aromatic nitrogens is 4. The van der Waals surface area contributed by atoms with Crippen molar-refractivity contribution in [3.8, 4) is 66.8 Å².